The van der Waals surface area contributed by atoms with E-state index in [1.54, 1.807) is 11.3 Å². The van der Waals surface area contributed by atoms with E-state index < -0.39 is 0 Å². The van der Waals surface area contributed by atoms with E-state index in [1.165, 1.54) is 9.75 Å². The zero-order valence-electron chi connectivity index (χ0n) is 10.7. The molecule has 0 bridgehead atoms. The second-order valence-corrected chi connectivity index (χ2v) is 6.04. The van der Waals surface area contributed by atoms with Gasteiger partial charge in [-0.15, -0.1) is 11.3 Å². The summed E-state index contributed by atoms with van der Waals surface area (Å²) in [5.41, 5.74) is 0. The van der Waals surface area contributed by atoms with Crippen LogP contribution in [0.3, 0.4) is 0 Å². The number of nitrogens with one attached hydrogen (secondary N) is 2. The van der Waals surface area contributed by atoms with Gasteiger partial charge in [0.1, 0.15) is 0 Å². The molecule has 2 rings (SSSR count). The fraction of sp³-hybridized carbons (Fsp3) is 0.538. The molecule has 1 aliphatic rings. The highest BCUT2D eigenvalue weighted by atomic mass is 32.1. The molecule has 1 saturated heterocycles. The topological polar surface area (TPSA) is 58.2 Å². The molecule has 98 valence electrons. The van der Waals surface area contributed by atoms with Gasteiger partial charge in [-0.3, -0.25) is 9.59 Å². The molecule has 1 aromatic rings. The molecule has 18 heavy (non-hydrogen) atoms. The van der Waals surface area contributed by atoms with Crippen LogP contribution in [0.5, 0.6) is 0 Å². The second kappa shape index (κ2) is 5.52. The number of hydrogen-bond acceptors (Lipinski definition) is 3. The summed E-state index contributed by atoms with van der Waals surface area (Å²) in [6, 6.07) is 4.14. The van der Waals surface area contributed by atoms with Crippen molar-refractivity contribution < 1.29 is 9.59 Å². The SMILES string of the molecule is Cc1ccc(C(C)NC(=O)C2CCC(=O)NC2)s1. The van der Waals surface area contributed by atoms with Gasteiger partial charge in [-0.25, -0.2) is 0 Å². The third kappa shape index (κ3) is 3.10. The maximum Gasteiger partial charge on any atom is 0.225 e. The fourth-order valence-corrected chi connectivity index (χ4v) is 2.92. The largest absolute Gasteiger partial charge is 0.355 e. The number of amides is 2. The van der Waals surface area contributed by atoms with E-state index in [2.05, 4.69) is 23.6 Å². The molecule has 0 saturated carbocycles. The molecule has 0 aliphatic carbocycles. The third-order valence-corrected chi connectivity index (χ3v) is 4.37. The molecule has 0 radical (unpaired) electrons. The van der Waals surface area contributed by atoms with Crippen molar-refractivity contribution in [1.29, 1.82) is 0 Å². The van der Waals surface area contributed by atoms with Gasteiger partial charge in [0.05, 0.1) is 12.0 Å². The van der Waals surface area contributed by atoms with Crippen molar-refractivity contribution in [3.8, 4) is 0 Å². The van der Waals surface area contributed by atoms with Crippen LogP contribution in [-0.2, 0) is 9.59 Å². The normalized spacial score (nSPS) is 21.2. The van der Waals surface area contributed by atoms with Gasteiger partial charge in [-0.05, 0) is 32.4 Å². The van der Waals surface area contributed by atoms with Gasteiger partial charge in [0.15, 0.2) is 0 Å². The highest BCUT2D eigenvalue weighted by molar-refractivity contribution is 7.12. The molecule has 2 atom stereocenters. The minimum absolute atomic E-state index is 0.0357. The molecule has 1 fully saturated rings. The van der Waals surface area contributed by atoms with Crippen molar-refractivity contribution >= 4 is 23.2 Å². The van der Waals surface area contributed by atoms with Crippen LogP contribution in [0.1, 0.15) is 35.6 Å². The van der Waals surface area contributed by atoms with Crippen LogP contribution < -0.4 is 10.6 Å². The van der Waals surface area contributed by atoms with Gasteiger partial charge in [0.2, 0.25) is 11.8 Å². The third-order valence-electron chi connectivity index (χ3n) is 3.18. The van der Waals surface area contributed by atoms with Crippen LogP contribution in [-0.4, -0.2) is 18.4 Å². The monoisotopic (exact) mass is 266 g/mol. The van der Waals surface area contributed by atoms with E-state index in [4.69, 9.17) is 0 Å². The number of carbonyl (C=O) groups is 2. The standard InChI is InChI=1S/C13H18N2O2S/c1-8-3-5-11(18-8)9(2)15-13(17)10-4-6-12(16)14-7-10/h3,5,9-10H,4,6-7H2,1-2H3,(H,14,16)(H,15,17). The highest BCUT2D eigenvalue weighted by Crippen LogP contribution is 2.23. The average molecular weight is 266 g/mol. The minimum atomic E-state index is -0.0915. The van der Waals surface area contributed by atoms with E-state index in [0.717, 1.165) is 0 Å². The summed E-state index contributed by atoms with van der Waals surface area (Å²) in [5, 5.41) is 5.75. The van der Waals surface area contributed by atoms with E-state index in [-0.39, 0.29) is 23.8 Å². The van der Waals surface area contributed by atoms with Crippen molar-refractivity contribution in [1.82, 2.24) is 10.6 Å². The Morgan fingerprint density at radius 3 is 2.89 bits per heavy atom. The Hall–Kier alpha value is -1.36. The summed E-state index contributed by atoms with van der Waals surface area (Å²) in [5.74, 6) is -0.0132. The van der Waals surface area contributed by atoms with Gasteiger partial charge in [-0.1, -0.05) is 0 Å². The summed E-state index contributed by atoms with van der Waals surface area (Å²) in [4.78, 5) is 25.5. The molecule has 0 spiro atoms. The molecular formula is C13H18N2O2S. The maximum atomic E-state index is 12.0. The zero-order valence-corrected chi connectivity index (χ0v) is 11.5. The van der Waals surface area contributed by atoms with Crippen molar-refractivity contribution in [3.05, 3.63) is 21.9 Å². The fourth-order valence-electron chi connectivity index (χ4n) is 2.05. The smallest absolute Gasteiger partial charge is 0.225 e. The average Bonchev–Trinajstić information content (AvgIpc) is 2.76. The molecule has 4 nitrogen and oxygen atoms in total. The van der Waals surface area contributed by atoms with Crippen molar-refractivity contribution in [2.75, 3.05) is 6.54 Å². The van der Waals surface area contributed by atoms with Crippen molar-refractivity contribution in [2.24, 2.45) is 5.92 Å². The Bertz CT molecular complexity index is 446. The number of aryl methyl sites for hydroxylation is 1. The van der Waals surface area contributed by atoms with Gasteiger partial charge in [-0.2, -0.15) is 0 Å². The zero-order chi connectivity index (χ0) is 13.1. The summed E-state index contributed by atoms with van der Waals surface area (Å²) in [6.07, 6.45) is 1.10. The number of carbonyl (C=O) groups excluding carboxylic acids is 2. The molecular weight excluding hydrogens is 248 g/mol. The highest BCUT2D eigenvalue weighted by Gasteiger charge is 2.25. The molecule has 2 N–H and O–H groups in total. The summed E-state index contributed by atoms with van der Waals surface area (Å²) < 4.78 is 0. The molecule has 2 unspecified atom stereocenters. The lowest BCUT2D eigenvalue weighted by Crippen LogP contribution is -2.43. The first kappa shape index (κ1) is 13.1. The Balaban J connectivity index is 1.89. The van der Waals surface area contributed by atoms with Gasteiger partial charge in [0.25, 0.3) is 0 Å². The lowest BCUT2D eigenvalue weighted by molar-refractivity contribution is -0.129. The number of hydrogen-bond donors (Lipinski definition) is 2. The molecule has 1 aliphatic heterocycles. The van der Waals surface area contributed by atoms with E-state index in [9.17, 15) is 9.59 Å². The van der Waals surface area contributed by atoms with E-state index in [0.29, 0.717) is 19.4 Å². The van der Waals surface area contributed by atoms with Gasteiger partial charge < -0.3 is 10.6 Å². The van der Waals surface area contributed by atoms with Crippen LogP contribution in [0.15, 0.2) is 12.1 Å². The van der Waals surface area contributed by atoms with E-state index in [1.807, 2.05) is 13.0 Å². The predicted octanol–water partition coefficient (Wildman–Crippen LogP) is 1.76. The van der Waals surface area contributed by atoms with Gasteiger partial charge >= 0.3 is 0 Å². The molecule has 2 amide bonds. The van der Waals surface area contributed by atoms with Crippen LogP contribution in [0, 0.1) is 12.8 Å². The molecule has 1 aromatic heterocycles. The van der Waals surface area contributed by atoms with Crippen LogP contribution >= 0.6 is 11.3 Å². The quantitative estimate of drug-likeness (QED) is 0.876. The molecule has 0 aromatic carbocycles. The Kier molecular flexibility index (Phi) is 4.01. The lowest BCUT2D eigenvalue weighted by atomic mass is 9.98. The Morgan fingerprint density at radius 2 is 2.33 bits per heavy atom. The van der Waals surface area contributed by atoms with Crippen molar-refractivity contribution in [3.63, 3.8) is 0 Å². The maximum absolute atomic E-state index is 12.0. The number of thiophene rings is 1. The Labute approximate surface area is 111 Å². The van der Waals surface area contributed by atoms with Crippen LogP contribution in [0.2, 0.25) is 0 Å². The summed E-state index contributed by atoms with van der Waals surface area (Å²) in [6.45, 7) is 4.50. The Morgan fingerprint density at radius 1 is 1.56 bits per heavy atom. The second-order valence-electron chi connectivity index (χ2n) is 4.72. The first-order valence-electron chi connectivity index (χ1n) is 6.19. The van der Waals surface area contributed by atoms with Gasteiger partial charge in [0, 0.05) is 22.7 Å². The minimum Gasteiger partial charge on any atom is -0.355 e. The van der Waals surface area contributed by atoms with E-state index >= 15 is 0 Å². The van der Waals surface area contributed by atoms with Crippen molar-refractivity contribution in [2.45, 2.75) is 32.7 Å². The predicted molar refractivity (Wildman–Crippen MR) is 71.3 cm³/mol. The molecule has 2 heterocycles. The molecule has 5 heteroatoms. The van der Waals surface area contributed by atoms with Crippen LogP contribution in [0.25, 0.3) is 0 Å². The number of piperidine rings is 1. The lowest BCUT2D eigenvalue weighted by Gasteiger charge is -2.23. The number of rotatable bonds is 3. The first-order valence-corrected chi connectivity index (χ1v) is 7.01. The summed E-state index contributed by atoms with van der Waals surface area (Å²) >= 11 is 1.70. The van der Waals surface area contributed by atoms with Crippen LogP contribution in [0.4, 0.5) is 0 Å². The summed E-state index contributed by atoms with van der Waals surface area (Å²) in [7, 11) is 0. The first-order chi connectivity index (χ1) is 8.56.